The van der Waals surface area contributed by atoms with E-state index >= 15 is 0 Å². The van der Waals surface area contributed by atoms with Gasteiger partial charge in [-0.3, -0.25) is 0 Å². The minimum absolute atomic E-state index is 0.107. The summed E-state index contributed by atoms with van der Waals surface area (Å²) in [7, 11) is 0. The lowest BCUT2D eigenvalue weighted by Crippen LogP contribution is -2.22. The first kappa shape index (κ1) is 37.5. The molecule has 0 saturated heterocycles. The van der Waals surface area contributed by atoms with E-state index in [2.05, 4.69) is 183 Å². The van der Waals surface area contributed by atoms with Crippen molar-refractivity contribution in [3.63, 3.8) is 0 Å². The van der Waals surface area contributed by atoms with Crippen LogP contribution in [0.25, 0.3) is 11.1 Å². The highest BCUT2D eigenvalue weighted by Crippen LogP contribution is 2.45. The molecule has 0 heterocycles. The Bertz CT molecular complexity index is 1490. The van der Waals surface area contributed by atoms with Gasteiger partial charge in [-0.15, -0.1) is 0 Å². The molecule has 0 fully saturated rings. The van der Waals surface area contributed by atoms with Crippen LogP contribution in [0.5, 0.6) is 0 Å². The van der Waals surface area contributed by atoms with Crippen LogP contribution >= 0.6 is 31.9 Å². The SMILES string of the molecule is CCC(C)(CCCC(C)C)c1ccc(-c2ccc(C(C)(CC)CCCC(C)C)cc2N(c2ccc(Br)cc2)c2ccc(Br)cc2)cc1. The van der Waals surface area contributed by atoms with Crippen molar-refractivity contribution in [3.05, 3.63) is 111 Å². The van der Waals surface area contributed by atoms with Crippen LogP contribution in [0.3, 0.4) is 0 Å². The molecule has 2 atom stereocenters. The van der Waals surface area contributed by atoms with E-state index in [1.807, 2.05) is 0 Å². The monoisotopic (exact) mass is 757 g/mol. The molecule has 0 radical (unpaired) electrons. The lowest BCUT2D eigenvalue weighted by Gasteiger charge is -2.33. The van der Waals surface area contributed by atoms with Crippen LogP contribution < -0.4 is 4.90 Å². The maximum absolute atomic E-state index is 3.68. The Balaban J connectivity index is 1.87. The van der Waals surface area contributed by atoms with Crippen molar-refractivity contribution in [1.29, 1.82) is 0 Å². The number of hydrogen-bond donors (Lipinski definition) is 0. The molecule has 4 rings (SSSR count). The first-order chi connectivity index (χ1) is 22.4. The van der Waals surface area contributed by atoms with E-state index in [-0.39, 0.29) is 10.8 Å². The summed E-state index contributed by atoms with van der Waals surface area (Å²) >= 11 is 7.35. The molecule has 0 aliphatic heterocycles. The summed E-state index contributed by atoms with van der Waals surface area (Å²) in [6, 6.07) is 34.3. The third-order valence-corrected chi connectivity index (χ3v) is 11.6. The Labute approximate surface area is 303 Å². The zero-order chi connectivity index (χ0) is 34.2. The van der Waals surface area contributed by atoms with Gasteiger partial charge in [0.1, 0.15) is 0 Å². The molecule has 4 aromatic carbocycles. The van der Waals surface area contributed by atoms with Gasteiger partial charge in [0.25, 0.3) is 0 Å². The predicted molar refractivity (Wildman–Crippen MR) is 215 cm³/mol. The Hall–Kier alpha value is -2.36. The van der Waals surface area contributed by atoms with Gasteiger partial charge in [0, 0.05) is 25.9 Å². The zero-order valence-corrected chi connectivity index (χ0v) is 33.3. The highest BCUT2D eigenvalue weighted by atomic mass is 79.9. The summed E-state index contributed by atoms with van der Waals surface area (Å²) in [5.41, 5.74) is 9.20. The highest BCUT2D eigenvalue weighted by Gasteiger charge is 2.28. The molecule has 0 saturated carbocycles. The normalized spacial score (nSPS) is 14.3. The van der Waals surface area contributed by atoms with Gasteiger partial charge < -0.3 is 4.90 Å². The standard InChI is InChI=1S/C44H57Br2N/c1-9-43(7,29-11-13-32(3)4)35-17-15-34(16-18-35)41-28-19-36(44(8,10-2)30-12-14-33(5)6)31-42(41)47(39-24-20-37(45)21-25-39)40-26-22-38(46)23-27-40/h15-28,31-33H,9-14,29-30H2,1-8H3. The second kappa shape index (κ2) is 16.8. The van der Waals surface area contributed by atoms with Gasteiger partial charge in [0.2, 0.25) is 0 Å². The van der Waals surface area contributed by atoms with E-state index < -0.39 is 0 Å². The van der Waals surface area contributed by atoms with Crippen LogP contribution in [0.1, 0.15) is 118 Å². The molecular formula is C44H57Br2N. The molecule has 0 aromatic heterocycles. The minimum atomic E-state index is 0.107. The van der Waals surface area contributed by atoms with Crippen molar-refractivity contribution in [1.82, 2.24) is 0 Å². The summed E-state index contributed by atoms with van der Waals surface area (Å²) in [6.07, 6.45) is 9.77. The van der Waals surface area contributed by atoms with E-state index in [1.165, 1.54) is 66.5 Å². The topological polar surface area (TPSA) is 3.24 Å². The van der Waals surface area contributed by atoms with Crippen molar-refractivity contribution >= 4 is 48.9 Å². The van der Waals surface area contributed by atoms with Gasteiger partial charge >= 0.3 is 0 Å². The van der Waals surface area contributed by atoms with Crippen LogP contribution in [-0.4, -0.2) is 0 Å². The maximum Gasteiger partial charge on any atom is 0.0542 e. The molecule has 0 spiro atoms. The molecule has 0 aliphatic carbocycles. The Kier molecular flexibility index (Phi) is 13.4. The molecule has 252 valence electrons. The minimum Gasteiger partial charge on any atom is -0.310 e. The fourth-order valence-electron chi connectivity index (χ4n) is 6.85. The first-order valence-electron chi connectivity index (χ1n) is 18.0. The largest absolute Gasteiger partial charge is 0.310 e. The zero-order valence-electron chi connectivity index (χ0n) is 30.2. The smallest absolute Gasteiger partial charge is 0.0542 e. The van der Waals surface area contributed by atoms with Crippen LogP contribution in [0.4, 0.5) is 17.1 Å². The number of benzene rings is 4. The third kappa shape index (κ3) is 9.63. The molecule has 0 bridgehead atoms. The molecule has 2 unspecified atom stereocenters. The lowest BCUT2D eigenvalue weighted by atomic mass is 9.74. The number of hydrogen-bond acceptors (Lipinski definition) is 1. The molecular weight excluding hydrogens is 702 g/mol. The lowest BCUT2D eigenvalue weighted by molar-refractivity contribution is 0.382. The van der Waals surface area contributed by atoms with Crippen LogP contribution in [0.2, 0.25) is 0 Å². The fourth-order valence-corrected chi connectivity index (χ4v) is 7.38. The summed E-state index contributed by atoms with van der Waals surface area (Å²) in [5.74, 6) is 1.48. The molecule has 0 N–H and O–H groups in total. The van der Waals surface area contributed by atoms with E-state index in [4.69, 9.17) is 0 Å². The van der Waals surface area contributed by atoms with Crippen LogP contribution in [-0.2, 0) is 10.8 Å². The van der Waals surface area contributed by atoms with E-state index in [9.17, 15) is 0 Å². The highest BCUT2D eigenvalue weighted by molar-refractivity contribution is 9.10. The van der Waals surface area contributed by atoms with Crippen molar-refractivity contribution in [3.8, 4) is 11.1 Å². The van der Waals surface area contributed by atoms with Crippen LogP contribution in [0.15, 0.2) is 99.9 Å². The molecule has 1 nitrogen and oxygen atoms in total. The fraction of sp³-hybridized carbons (Fsp3) is 0.455. The molecule has 0 amide bonds. The average Bonchev–Trinajstić information content (AvgIpc) is 3.06. The van der Waals surface area contributed by atoms with Crippen molar-refractivity contribution < 1.29 is 0 Å². The Morgan fingerprint density at radius 1 is 0.574 bits per heavy atom. The number of rotatable bonds is 16. The van der Waals surface area contributed by atoms with E-state index in [0.717, 1.165) is 45.0 Å². The van der Waals surface area contributed by atoms with E-state index in [0.29, 0.717) is 0 Å². The van der Waals surface area contributed by atoms with Gasteiger partial charge in [-0.1, -0.05) is 149 Å². The summed E-state index contributed by atoms with van der Waals surface area (Å²) < 4.78 is 2.16. The molecule has 0 aliphatic rings. The molecule has 4 aromatic rings. The second-order valence-electron chi connectivity index (χ2n) is 15.0. The van der Waals surface area contributed by atoms with Crippen molar-refractivity contribution in [2.24, 2.45) is 11.8 Å². The first-order valence-corrected chi connectivity index (χ1v) is 19.5. The van der Waals surface area contributed by atoms with Gasteiger partial charge in [-0.05, 0) is 120 Å². The number of anilines is 3. The summed E-state index contributed by atoms with van der Waals surface area (Å²) in [4.78, 5) is 2.44. The maximum atomic E-state index is 3.68. The molecule has 47 heavy (non-hydrogen) atoms. The Morgan fingerprint density at radius 3 is 1.43 bits per heavy atom. The second-order valence-corrected chi connectivity index (χ2v) is 16.8. The quantitative estimate of drug-likeness (QED) is 0.110. The van der Waals surface area contributed by atoms with Gasteiger partial charge in [0.15, 0.2) is 0 Å². The van der Waals surface area contributed by atoms with Gasteiger partial charge in [-0.25, -0.2) is 0 Å². The van der Waals surface area contributed by atoms with Crippen molar-refractivity contribution in [2.45, 2.75) is 118 Å². The van der Waals surface area contributed by atoms with Gasteiger partial charge in [-0.2, -0.15) is 0 Å². The Morgan fingerprint density at radius 2 is 1.00 bits per heavy atom. The molecule has 3 heteroatoms. The predicted octanol–water partition coefficient (Wildman–Crippen LogP) is 15.3. The summed E-state index contributed by atoms with van der Waals surface area (Å²) in [6.45, 7) is 19.0. The number of halogens is 2. The average molecular weight is 760 g/mol. The van der Waals surface area contributed by atoms with Crippen LogP contribution in [0, 0.1) is 11.8 Å². The third-order valence-electron chi connectivity index (χ3n) is 10.6. The number of nitrogens with zero attached hydrogens (tertiary/aromatic N) is 1. The van der Waals surface area contributed by atoms with Crippen molar-refractivity contribution in [2.75, 3.05) is 4.90 Å². The van der Waals surface area contributed by atoms with E-state index in [1.54, 1.807) is 0 Å². The summed E-state index contributed by atoms with van der Waals surface area (Å²) in [5, 5.41) is 0. The van der Waals surface area contributed by atoms with Gasteiger partial charge in [0.05, 0.1) is 5.69 Å².